The summed E-state index contributed by atoms with van der Waals surface area (Å²) in [7, 11) is -3.75. The number of nitrogens with one attached hydrogen (secondary N) is 2. The molecular formula is C19H21FN4O4S. The second-order valence-corrected chi connectivity index (χ2v) is 8.42. The highest BCUT2D eigenvalue weighted by Crippen LogP contribution is 2.18. The predicted molar refractivity (Wildman–Crippen MR) is 105 cm³/mol. The van der Waals surface area contributed by atoms with Crippen LogP contribution in [-0.2, 0) is 10.0 Å². The molecule has 8 nitrogen and oxygen atoms in total. The van der Waals surface area contributed by atoms with Gasteiger partial charge in [-0.15, -0.1) is 0 Å². The number of piperidine rings is 1. The smallest absolute Gasteiger partial charge is 0.316 e. The number of hydrogen-bond donors (Lipinski definition) is 3. The van der Waals surface area contributed by atoms with E-state index >= 15 is 0 Å². The van der Waals surface area contributed by atoms with Crippen molar-refractivity contribution in [3.05, 3.63) is 59.9 Å². The second kappa shape index (κ2) is 8.58. The van der Waals surface area contributed by atoms with Gasteiger partial charge in [0, 0.05) is 30.4 Å². The van der Waals surface area contributed by atoms with Gasteiger partial charge >= 0.3 is 6.03 Å². The molecule has 1 saturated heterocycles. The van der Waals surface area contributed by atoms with E-state index in [2.05, 4.69) is 10.0 Å². The molecule has 1 heterocycles. The normalized spacial score (nSPS) is 15.1. The van der Waals surface area contributed by atoms with Crippen LogP contribution in [0, 0.1) is 5.82 Å². The number of amides is 3. The van der Waals surface area contributed by atoms with Crippen molar-refractivity contribution < 1.29 is 22.4 Å². The van der Waals surface area contributed by atoms with Crippen LogP contribution in [-0.4, -0.2) is 44.4 Å². The van der Waals surface area contributed by atoms with Gasteiger partial charge in [0.2, 0.25) is 10.0 Å². The Kier molecular flexibility index (Phi) is 6.14. The van der Waals surface area contributed by atoms with Crippen molar-refractivity contribution in [3.8, 4) is 0 Å². The molecule has 0 spiro atoms. The van der Waals surface area contributed by atoms with Crippen LogP contribution in [0.1, 0.15) is 23.2 Å². The van der Waals surface area contributed by atoms with Gasteiger partial charge in [-0.25, -0.2) is 22.3 Å². The maximum atomic E-state index is 13.0. The van der Waals surface area contributed by atoms with Gasteiger partial charge in [-0.3, -0.25) is 4.79 Å². The Morgan fingerprint density at radius 1 is 1.00 bits per heavy atom. The number of likely N-dealkylation sites (tertiary alicyclic amines) is 1. The number of urea groups is 1. The molecule has 2 aromatic carbocycles. The van der Waals surface area contributed by atoms with E-state index in [0.29, 0.717) is 37.2 Å². The maximum Gasteiger partial charge on any atom is 0.316 e. The van der Waals surface area contributed by atoms with E-state index in [1.54, 1.807) is 29.2 Å². The summed E-state index contributed by atoms with van der Waals surface area (Å²) in [5, 5.41) is 2.42. The molecule has 29 heavy (non-hydrogen) atoms. The van der Waals surface area contributed by atoms with Crippen molar-refractivity contribution in [2.75, 3.05) is 18.4 Å². The van der Waals surface area contributed by atoms with E-state index < -0.39 is 21.9 Å². The molecule has 0 bridgehead atoms. The zero-order valence-corrected chi connectivity index (χ0v) is 16.3. The molecule has 0 unspecified atom stereocenters. The van der Waals surface area contributed by atoms with E-state index in [-0.39, 0.29) is 16.8 Å². The van der Waals surface area contributed by atoms with Crippen LogP contribution in [0.3, 0.4) is 0 Å². The number of nitrogens with two attached hydrogens (primary N) is 1. The van der Waals surface area contributed by atoms with Gasteiger partial charge < -0.3 is 16.0 Å². The van der Waals surface area contributed by atoms with E-state index in [1.165, 1.54) is 12.1 Å². The number of sulfonamides is 1. The predicted octanol–water partition coefficient (Wildman–Crippen LogP) is 1.90. The first-order chi connectivity index (χ1) is 13.7. The van der Waals surface area contributed by atoms with Gasteiger partial charge in [-0.05, 0) is 61.4 Å². The average molecular weight is 420 g/mol. The van der Waals surface area contributed by atoms with Crippen molar-refractivity contribution in [1.82, 2.24) is 9.62 Å². The Hall–Kier alpha value is -2.98. The number of halogens is 1. The fraction of sp³-hybridized carbons (Fsp3) is 0.263. The summed E-state index contributed by atoms with van der Waals surface area (Å²) in [6.45, 7) is 0.799. The van der Waals surface area contributed by atoms with Crippen molar-refractivity contribution in [2.24, 2.45) is 5.73 Å². The monoisotopic (exact) mass is 420 g/mol. The average Bonchev–Trinajstić information content (AvgIpc) is 2.68. The van der Waals surface area contributed by atoms with E-state index in [1.807, 2.05) is 0 Å². The lowest BCUT2D eigenvalue weighted by atomic mass is 10.0. The van der Waals surface area contributed by atoms with Gasteiger partial charge in [0.15, 0.2) is 0 Å². The summed E-state index contributed by atoms with van der Waals surface area (Å²) < 4.78 is 40.4. The number of benzene rings is 2. The summed E-state index contributed by atoms with van der Waals surface area (Å²) in [6.07, 6.45) is 0.932. The van der Waals surface area contributed by atoms with E-state index in [0.717, 1.165) is 12.1 Å². The quantitative estimate of drug-likeness (QED) is 0.684. The molecule has 3 rings (SSSR count). The highest BCUT2D eigenvalue weighted by atomic mass is 32.2. The van der Waals surface area contributed by atoms with Gasteiger partial charge in [0.1, 0.15) is 5.82 Å². The van der Waals surface area contributed by atoms with Crippen molar-refractivity contribution >= 4 is 27.6 Å². The lowest BCUT2D eigenvalue weighted by Crippen LogP contribution is -2.46. The molecule has 2 aromatic rings. The third-order valence-corrected chi connectivity index (χ3v) is 6.16. The molecule has 0 atom stereocenters. The zero-order valence-electron chi connectivity index (χ0n) is 15.5. The summed E-state index contributed by atoms with van der Waals surface area (Å²) in [5.74, 6) is -0.676. The summed E-state index contributed by atoms with van der Waals surface area (Å²) >= 11 is 0. The maximum absolute atomic E-state index is 13.0. The van der Waals surface area contributed by atoms with Crippen LogP contribution < -0.4 is 15.8 Å². The molecular weight excluding hydrogens is 399 g/mol. The lowest BCUT2D eigenvalue weighted by molar-refractivity contribution is 0.0711. The Bertz CT molecular complexity index is 986. The van der Waals surface area contributed by atoms with E-state index in [9.17, 15) is 22.4 Å². The number of anilines is 1. The topological polar surface area (TPSA) is 122 Å². The zero-order chi connectivity index (χ0) is 21.0. The molecule has 1 aliphatic heterocycles. The number of hydrogen-bond acceptors (Lipinski definition) is 4. The number of nitrogens with zero attached hydrogens (tertiary/aromatic N) is 1. The summed E-state index contributed by atoms with van der Waals surface area (Å²) in [4.78, 5) is 25.1. The van der Waals surface area contributed by atoms with Gasteiger partial charge in [-0.2, -0.15) is 0 Å². The van der Waals surface area contributed by atoms with Crippen LogP contribution in [0.4, 0.5) is 14.9 Å². The summed E-state index contributed by atoms with van der Waals surface area (Å²) in [5.41, 5.74) is 6.00. The standard InChI is InChI=1S/C19H21FN4O4S/c20-14-3-7-17(8-4-14)29(27,28)23-16-9-11-24(12-10-16)18(25)13-1-5-15(6-2-13)22-19(21)26/h1-8,16,23H,9-12H2,(H3,21,22,26). The molecule has 0 saturated carbocycles. The van der Waals surface area contributed by atoms with Gasteiger partial charge in [-0.1, -0.05) is 0 Å². The highest BCUT2D eigenvalue weighted by Gasteiger charge is 2.27. The van der Waals surface area contributed by atoms with Crippen LogP contribution in [0.2, 0.25) is 0 Å². The second-order valence-electron chi connectivity index (χ2n) is 6.71. The third-order valence-electron chi connectivity index (χ3n) is 4.63. The highest BCUT2D eigenvalue weighted by molar-refractivity contribution is 7.89. The van der Waals surface area contributed by atoms with Crippen molar-refractivity contribution in [3.63, 3.8) is 0 Å². The van der Waals surface area contributed by atoms with Crippen molar-refractivity contribution in [2.45, 2.75) is 23.8 Å². The Morgan fingerprint density at radius 3 is 2.14 bits per heavy atom. The van der Waals surface area contributed by atoms with Gasteiger partial charge in [0.05, 0.1) is 4.90 Å². The number of carbonyl (C=O) groups is 2. The third kappa shape index (κ3) is 5.30. The first kappa shape index (κ1) is 20.7. The fourth-order valence-corrected chi connectivity index (χ4v) is 4.43. The largest absolute Gasteiger partial charge is 0.351 e. The fourth-order valence-electron chi connectivity index (χ4n) is 3.12. The molecule has 0 radical (unpaired) electrons. The minimum absolute atomic E-state index is 0.00191. The van der Waals surface area contributed by atoms with Crippen LogP contribution in [0.15, 0.2) is 53.4 Å². The Labute approximate surface area is 167 Å². The van der Waals surface area contributed by atoms with Crippen LogP contribution in [0.5, 0.6) is 0 Å². The minimum atomic E-state index is -3.75. The summed E-state index contributed by atoms with van der Waals surface area (Å²) in [6, 6.07) is 9.99. The minimum Gasteiger partial charge on any atom is -0.351 e. The molecule has 0 aliphatic carbocycles. The number of primary amides is 1. The number of rotatable bonds is 5. The van der Waals surface area contributed by atoms with Crippen LogP contribution >= 0.6 is 0 Å². The SMILES string of the molecule is NC(=O)Nc1ccc(C(=O)N2CCC(NS(=O)(=O)c3ccc(F)cc3)CC2)cc1. The van der Waals surface area contributed by atoms with Crippen LogP contribution in [0.25, 0.3) is 0 Å². The molecule has 10 heteroatoms. The molecule has 154 valence electrons. The number of carbonyl (C=O) groups excluding carboxylic acids is 2. The Morgan fingerprint density at radius 2 is 1.59 bits per heavy atom. The molecule has 1 aliphatic rings. The first-order valence-electron chi connectivity index (χ1n) is 8.98. The van der Waals surface area contributed by atoms with E-state index in [4.69, 9.17) is 5.73 Å². The molecule has 1 fully saturated rings. The Balaban J connectivity index is 1.56. The lowest BCUT2D eigenvalue weighted by Gasteiger charge is -2.32. The van der Waals surface area contributed by atoms with Crippen molar-refractivity contribution in [1.29, 1.82) is 0 Å². The first-order valence-corrected chi connectivity index (χ1v) is 10.5. The molecule has 0 aromatic heterocycles. The molecule has 4 N–H and O–H groups in total. The van der Waals surface area contributed by atoms with Gasteiger partial charge in [0.25, 0.3) is 5.91 Å². The molecule has 3 amide bonds.